The Kier molecular flexibility index (Phi) is 4.93. The molecule has 0 amide bonds. The molecule has 0 radical (unpaired) electrons. The van der Waals surface area contributed by atoms with E-state index < -0.39 is 10.0 Å². The summed E-state index contributed by atoms with van der Waals surface area (Å²) >= 11 is 0. The van der Waals surface area contributed by atoms with Crippen LogP contribution in [0, 0.1) is 0 Å². The lowest BCUT2D eigenvalue weighted by atomic mass is 10.00. The molecule has 2 aromatic rings. The third-order valence-electron chi connectivity index (χ3n) is 3.12. The normalized spacial score (nSPS) is 13.1. The second-order valence-electron chi connectivity index (χ2n) is 4.88. The number of benzene rings is 2. The van der Waals surface area contributed by atoms with Gasteiger partial charge in [-0.2, -0.15) is 0 Å². The number of nitrogens with one attached hydrogen (secondary N) is 1. The molecule has 0 heterocycles. The van der Waals surface area contributed by atoms with Gasteiger partial charge in [-0.3, -0.25) is 0 Å². The van der Waals surface area contributed by atoms with Gasteiger partial charge in [-0.15, -0.1) is 0 Å². The Morgan fingerprint density at radius 1 is 0.950 bits per heavy atom. The first-order chi connectivity index (χ1) is 9.54. The van der Waals surface area contributed by atoms with Gasteiger partial charge in [0.1, 0.15) is 0 Å². The van der Waals surface area contributed by atoms with E-state index in [1.54, 1.807) is 0 Å². The van der Waals surface area contributed by atoms with Gasteiger partial charge in [-0.05, 0) is 24.0 Å². The Balaban J connectivity index is 2.11. The molecular weight excluding hydrogens is 270 g/mol. The molecule has 3 nitrogen and oxygen atoms in total. The molecule has 0 saturated heterocycles. The minimum atomic E-state index is -3.23. The molecule has 0 aliphatic heterocycles. The quantitative estimate of drug-likeness (QED) is 0.888. The molecule has 4 heteroatoms. The van der Waals surface area contributed by atoms with Crippen LogP contribution in [0.2, 0.25) is 0 Å². The van der Waals surface area contributed by atoms with Crippen molar-refractivity contribution in [1.29, 1.82) is 0 Å². The van der Waals surface area contributed by atoms with Crippen molar-refractivity contribution in [1.82, 2.24) is 4.72 Å². The van der Waals surface area contributed by atoms with E-state index in [9.17, 15) is 8.42 Å². The summed E-state index contributed by atoms with van der Waals surface area (Å²) in [6.45, 7) is 0. The Morgan fingerprint density at radius 2 is 1.50 bits per heavy atom. The number of sulfonamides is 1. The molecule has 0 bridgehead atoms. The summed E-state index contributed by atoms with van der Waals surface area (Å²) in [4.78, 5) is 0. The highest BCUT2D eigenvalue weighted by molar-refractivity contribution is 7.88. The summed E-state index contributed by atoms with van der Waals surface area (Å²) < 4.78 is 25.7. The molecule has 0 spiro atoms. The molecule has 20 heavy (non-hydrogen) atoms. The van der Waals surface area contributed by atoms with Crippen LogP contribution in [0.15, 0.2) is 60.7 Å². The van der Waals surface area contributed by atoms with Crippen LogP contribution in [0.25, 0.3) is 0 Å². The predicted molar refractivity (Wildman–Crippen MR) is 81.9 cm³/mol. The van der Waals surface area contributed by atoms with Crippen molar-refractivity contribution in [2.24, 2.45) is 0 Å². The van der Waals surface area contributed by atoms with E-state index in [4.69, 9.17) is 0 Å². The van der Waals surface area contributed by atoms with Crippen LogP contribution >= 0.6 is 0 Å². The molecule has 0 aliphatic carbocycles. The number of aryl methyl sites for hydroxylation is 1. The van der Waals surface area contributed by atoms with Gasteiger partial charge in [0.15, 0.2) is 0 Å². The van der Waals surface area contributed by atoms with Gasteiger partial charge in [0.05, 0.1) is 6.26 Å². The van der Waals surface area contributed by atoms with Gasteiger partial charge in [0.2, 0.25) is 10.0 Å². The largest absolute Gasteiger partial charge is 0.213 e. The predicted octanol–water partition coefficient (Wildman–Crippen LogP) is 2.91. The van der Waals surface area contributed by atoms with Crippen molar-refractivity contribution in [3.63, 3.8) is 0 Å². The molecule has 0 aromatic heterocycles. The molecule has 0 fully saturated rings. The van der Waals surface area contributed by atoms with E-state index >= 15 is 0 Å². The summed E-state index contributed by atoms with van der Waals surface area (Å²) in [5, 5.41) is 0. The Hall–Kier alpha value is -1.65. The average Bonchev–Trinajstić information content (AvgIpc) is 2.44. The van der Waals surface area contributed by atoms with Crippen LogP contribution in [-0.4, -0.2) is 14.7 Å². The molecule has 1 N–H and O–H groups in total. The first-order valence-electron chi connectivity index (χ1n) is 6.61. The van der Waals surface area contributed by atoms with E-state index in [0.717, 1.165) is 18.4 Å². The number of rotatable bonds is 6. The van der Waals surface area contributed by atoms with Crippen LogP contribution < -0.4 is 4.72 Å². The maximum Gasteiger partial charge on any atom is 0.209 e. The second kappa shape index (κ2) is 6.68. The van der Waals surface area contributed by atoms with E-state index in [0.29, 0.717) is 0 Å². The first kappa shape index (κ1) is 14.8. The molecule has 1 atom stereocenters. The summed E-state index contributed by atoms with van der Waals surface area (Å²) in [5.74, 6) is 0. The molecule has 0 saturated carbocycles. The smallest absolute Gasteiger partial charge is 0.209 e. The van der Waals surface area contributed by atoms with Gasteiger partial charge < -0.3 is 0 Å². The minimum absolute atomic E-state index is 0.189. The topological polar surface area (TPSA) is 46.2 Å². The van der Waals surface area contributed by atoms with Crippen LogP contribution in [0.3, 0.4) is 0 Å². The zero-order chi connectivity index (χ0) is 14.4. The number of hydrogen-bond donors (Lipinski definition) is 1. The zero-order valence-electron chi connectivity index (χ0n) is 11.5. The Labute approximate surface area is 120 Å². The van der Waals surface area contributed by atoms with Crippen molar-refractivity contribution in [3.8, 4) is 0 Å². The fourth-order valence-electron chi connectivity index (χ4n) is 2.19. The van der Waals surface area contributed by atoms with E-state index in [1.165, 1.54) is 11.8 Å². The van der Waals surface area contributed by atoms with Crippen molar-refractivity contribution >= 4 is 10.0 Å². The van der Waals surface area contributed by atoms with E-state index in [-0.39, 0.29) is 6.04 Å². The fourth-order valence-corrected chi connectivity index (χ4v) is 2.96. The lowest BCUT2D eigenvalue weighted by molar-refractivity contribution is 0.544. The maximum absolute atomic E-state index is 11.5. The van der Waals surface area contributed by atoms with Crippen molar-refractivity contribution < 1.29 is 8.42 Å². The van der Waals surface area contributed by atoms with Gasteiger partial charge in [-0.1, -0.05) is 60.7 Å². The van der Waals surface area contributed by atoms with Gasteiger partial charge in [0, 0.05) is 6.04 Å². The fraction of sp³-hybridized carbons (Fsp3) is 0.250. The van der Waals surface area contributed by atoms with Crippen LogP contribution in [-0.2, 0) is 16.4 Å². The molecule has 106 valence electrons. The summed E-state index contributed by atoms with van der Waals surface area (Å²) in [7, 11) is -3.23. The third-order valence-corrected chi connectivity index (χ3v) is 3.84. The van der Waals surface area contributed by atoms with Crippen LogP contribution in [0.1, 0.15) is 23.6 Å². The van der Waals surface area contributed by atoms with Crippen molar-refractivity contribution in [2.75, 3.05) is 6.26 Å². The van der Waals surface area contributed by atoms with Crippen molar-refractivity contribution in [3.05, 3.63) is 71.8 Å². The van der Waals surface area contributed by atoms with Crippen LogP contribution in [0.4, 0.5) is 0 Å². The molecule has 2 rings (SSSR count). The van der Waals surface area contributed by atoms with E-state index in [1.807, 2.05) is 48.5 Å². The number of hydrogen-bond acceptors (Lipinski definition) is 2. The Bertz CT molecular complexity index is 624. The summed E-state index contributed by atoms with van der Waals surface area (Å²) in [6, 6.07) is 19.6. The second-order valence-corrected chi connectivity index (χ2v) is 6.66. The zero-order valence-corrected chi connectivity index (χ0v) is 12.3. The van der Waals surface area contributed by atoms with Gasteiger partial charge >= 0.3 is 0 Å². The lowest BCUT2D eigenvalue weighted by Gasteiger charge is -2.18. The maximum atomic E-state index is 11.5. The molecular formula is C16H19NO2S. The SMILES string of the molecule is CS(=O)(=O)NC(CCc1ccccc1)c1ccccc1. The molecule has 0 aliphatic rings. The Morgan fingerprint density at radius 3 is 2.05 bits per heavy atom. The molecule has 1 unspecified atom stereocenters. The molecule has 2 aromatic carbocycles. The lowest BCUT2D eigenvalue weighted by Crippen LogP contribution is -2.27. The van der Waals surface area contributed by atoms with Gasteiger partial charge in [0.25, 0.3) is 0 Å². The summed E-state index contributed by atoms with van der Waals surface area (Å²) in [5.41, 5.74) is 2.21. The monoisotopic (exact) mass is 289 g/mol. The highest BCUT2D eigenvalue weighted by Crippen LogP contribution is 2.19. The minimum Gasteiger partial charge on any atom is -0.213 e. The average molecular weight is 289 g/mol. The standard InChI is InChI=1S/C16H19NO2S/c1-20(18,19)17-16(15-10-6-3-7-11-15)13-12-14-8-4-2-5-9-14/h2-11,16-17H,12-13H2,1H3. The summed E-state index contributed by atoms with van der Waals surface area (Å²) in [6.07, 6.45) is 2.77. The third kappa shape index (κ3) is 4.79. The van der Waals surface area contributed by atoms with Gasteiger partial charge in [-0.25, -0.2) is 13.1 Å². The van der Waals surface area contributed by atoms with Crippen molar-refractivity contribution in [2.45, 2.75) is 18.9 Å². The highest BCUT2D eigenvalue weighted by Gasteiger charge is 2.15. The van der Waals surface area contributed by atoms with E-state index in [2.05, 4.69) is 16.9 Å². The van der Waals surface area contributed by atoms with Crippen LogP contribution in [0.5, 0.6) is 0 Å². The highest BCUT2D eigenvalue weighted by atomic mass is 32.2. The first-order valence-corrected chi connectivity index (χ1v) is 8.50.